The molecule has 1 aliphatic rings. The molecule has 0 aliphatic carbocycles. The average molecular weight is 127 g/mol. The van der Waals surface area contributed by atoms with Crippen LogP contribution < -0.4 is 0 Å². The molecule has 2 unspecified atom stereocenters. The first-order valence-electron chi connectivity index (χ1n) is 3.01. The average Bonchev–Trinajstić information content (AvgIpc) is 2.48. The highest BCUT2D eigenvalue weighted by atomic mass is 16.6. The van der Waals surface area contributed by atoms with E-state index in [1.807, 2.05) is 6.92 Å². The first-order valence-corrected chi connectivity index (χ1v) is 3.01. The third-order valence-corrected chi connectivity index (χ3v) is 1.41. The van der Waals surface area contributed by atoms with E-state index in [2.05, 4.69) is 10.0 Å². The van der Waals surface area contributed by atoms with E-state index in [9.17, 15) is 0 Å². The van der Waals surface area contributed by atoms with Gasteiger partial charge in [-0.3, -0.25) is 0 Å². The maximum atomic E-state index is 7.88. The van der Waals surface area contributed by atoms with Gasteiger partial charge in [0.2, 0.25) is 0 Å². The Morgan fingerprint density at radius 2 is 2.44 bits per heavy atom. The van der Waals surface area contributed by atoms with Crippen molar-refractivity contribution in [2.75, 3.05) is 6.54 Å². The summed E-state index contributed by atoms with van der Waals surface area (Å²) in [6.07, 6.45) is 1.61. The van der Waals surface area contributed by atoms with Crippen LogP contribution in [0.1, 0.15) is 13.3 Å². The van der Waals surface area contributed by atoms with E-state index >= 15 is 0 Å². The minimum Gasteiger partial charge on any atom is -0.370 e. The van der Waals surface area contributed by atoms with Crippen LogP contribution in [0.2, 0.25) is 0 Å². The normalized spacial score (nSPS) is 31.2. The van der Waals surface area contributed by atoms with Crippen molar-refractivity contribution in [1.29, 1.82) is 0 Å². The Bertz CT molecular complexity index is 141. The van der Waals surface area contributed by atoms with Crippen LogP contribution in [0.25, 0.3) is 10.4 Å². The van der Waals surface area contributed by atoms with Gasteiger partial charge in [-0.1, -0.05) is 5.11 Å². The number of rotatable bonds is 3. The van der Waals surface area contributed by atoms with E-state index < -0.39 is 0 Å². The lowest BCUT2D eigenvalue weighted by Crippen LogP contribution is -1.90. The fourth-order valence-corrected chi connectivity index (χ4v) is 0.763. The summed E-state index contributed by atoms with van der Waals surface area (Å²) in [4.78, 5) is 2.63. The molecule has 0 spiro atoms. The smallest absolute Gasteiger partial charge is 0.0840 e. The van der Waals surface area contributed by atoms with Crippen molar-refractivity contribution in [3.8, 4) is 0 Å². The molecular weight excluding hydrogens is 118 g/mol. The van der Waals surface area contributed by atoms with Crippen LogP contribution in [0.5, 0.6) is 0 Å². The largest absolute Gasteiger partial charge is 0.370 e. The van der Waals surface area contributed by atoms with Crippen LogP contribution in [0.15, 0.2) is 5.11 Å². The Balaban J connectivity index is 2.00. The fourth-order valence-electron chi connectivity index (χ4n) is 0.763. The van der Waals surface area contributed by atoms with Crippen LogP contribution in [-0.2, 0) is 4.74 Å². The molecule has 1 heterocycles. The zero-order chi connectivity index (χ0) is 6.69. The van der Waals surface area contributed by atoms with E-state index in [0.29, 0.717) is 18.8 Å². The summed E-state index contributed by atoms with van der Waals surface area (Å²) < 4.78 is 5.08. The molecule has 4 nitrogen and oxygen atoms in total. The monoisotopic (exact) mass is 127 g/mol. The van der Waals surface area contributed by atoms with Crippen molar-refractivity contribution in [2.45, 2.75) is 25.6 Å². The first-order chi connectivity index (χ1) is 4.34. The van der Waals surface area contributed by atoms with Gasteiger partial charge in [0.1, 0.15) is 0 Å². The molecule has 2 atom stereocenters. The zero-order valence-corrected chi connectivity index (χ0v) is 5.32. The predicted molar refractivity (Wildman–Crippen MR) is 33.0 cm³/mol. The van der Waals surface area contributed by atoms with E-state index in [-0.39, 0.29) is 0 Å². The van der Waals surface area contributed by atoms with E-state index in [1.54, 1.807) is 0 Å². The van der Waals surface area contributed by atoms with Crippen molar-refractivity contribution >= 4 is 0 Å². The van der Waals surface area contributed by atoms with Crippen LogP contribution in [-0.4, -0.2) is 18.8 Å². The third-order valence-electron chi connectivity index (χ3n) is 1.41. The standard InChI is InChI=1S/C5H9N3O/c1-4-5(9-4)2-3-7-8-6/h4-5H,2-3H2,1H3. The molecule has 0 saturated carbocycles. The second-order valence-electron chi connectivity index (χ2n) is 2.12. The number of epoxide rings is 1. The molecule has 0 radical (unpaired) electrons. The quantitative estimate of drug-likeness (QED) is 0.245. The Morgan fingerprint density at radius 1 is 1.78 bits per heavy atom. The summed E-state index contributed by atoms with van der Waals surface area (Å²) in [5.41, 5.74) is 7.88. The molecule has 1 aliphatic heterocycles. The molecule has 0 aromatic rings. The number of nitrogens with zero attached hydrogens (tertiary/aromatic N) is 3. The van der Waals surface area contributed by atoms with Crippen molar-refractivity contribution in [1.82, 2.24) is 0 Å². The lowest BCUT2D eigenvalue weighted by molar-refractivity contribution is 0.372. The fraction of sp³-hybridized carbons (Fsp3) is 1.00. The van der Waals surface area contributed by atoms with Crippen molar-refractivity contribution in [3.05, 3.63) is 10.4 Å². The highest BCUT2D eigenvalue weighted by Gasteiger charge is 2.32. The Labute approximate surface area is 53.4 Å². The molecule has 0 aromatic carbocycles. The molecule has 0 bridgehead atoms. The van der Waals surface area contributed by atoms with Gasteiger partial charge in [-0.2, -0.15) is 0 Å². The van der Waals surface area contributed by atoms with Gasteiger partial charge in [-0.05, 0) is 18.9 Å². The molecule has 9 heavy (non-hydrogen) atoms. The SMILES string of the molecule is CC1OC1CCN=[N+]=[N-]. The summed E-state index contributed by atoms with van der Waals surface area (Å²) >= 11 is 0. The Kier molecular flexibility index (Phi) is 1.92. The highest BCUT2D eigenvalue weighted by Crippen LogP contribution is 2.23. The van der Waals surface area contributed by atoms with Gasteiger partial charge in [0.15, 0.2) is 0 Å². The molecule has 1 rings (SSSR count). The van der Waals surface area contributed by atoms with E-state index in [1.165, 1.54) is 0 Å². The Hall–Kier alpha value is -0.730. The van der Waals surface area contributed by atoms with Gasteiger partial charge in [0.05, 0.1) is 12.2 Å². The molecule has 50 valence electrons. The van der Waals surface area contributed by atoms with Crippen molar-refractivity contribution in [3.63, 3.8) is 0 Å². The second-order valence-corrected chi connectivity index (χ2v) is 2.12. The minimum absolute atomic E-state index is 0.357. The van der Waals surface area contributed by atoms with Crippen LogP contribution >= 0.6 is 0 Å². The van der Waals surface area contributed by atoms with Gasteiger partial charge >= 0.3 is 0 Å². The molecule has 0 aromatic heterocycles. The number of hydrogen-bond acceptors (Lipinski definition) is 2. The van der Waals surface area contributed by atoms with Crippen LogP contribution in [0.3, 0.4) is 0 Å². The van der Waals surface area contributed by atoms with Gasteiger partial charge in [0, 0.05) is 11.5 Å². The highest BCUT2D eigenvalue weighted by molar-refractivity contribution is 4.80. The van der Waals surface area contributed by atoms with Crippen LogP contribution in [0, 0.1) is 0 Å². The van der Waals surface area contributed by atoms with Gasteiger partial charge in [0.25, 0.3) is 0 Å². The topological polar surface area (TPSA) is 61.3 Å². The lowest BCUT2D eigenvalue weighted by Gasteiger charge is -1.82. The summed E-state index contributed by atoms with van der Waals surface area (Å²) in [6, 6.07) is 0. The molecular formula is C5H9N3O. The first kappa shape index (κ1) is 6.39. The summed E-state index contributed by atoms with van der Waals surface area (Å²) in [5.74, 6) is 0. The number of ether oxygens (including phenoxy) is 1. The molecule has 0 N–H and O–H groups in total. The maximum Gasteiger partial charge on any atom is 0.0840 e. The zero-order valence-electron chi connectivity index (χ0n) is 5.32. The summed E-state index contributed by atoms with van der Waals surface area (Å²) in [6.45, 7) is 2.58. The maximum absolute atomic E-state index is 7.88. The van der Waals surface area contributed by atoms with Gasteiger partial charge in [-0.15, -0.1) is 0 Å². The molecule has 1 saturated heterocycles. The molecule has 4 heteroatoms. The number of hydrogen-bond donors (Lipinski definition) is 0. The van der Waals surface area contributed by atoms with E-state index in [4.69, 9.17) is 10.3 Å². The van der Waals surface area contributed by atoms with Crippen LogP contribution in [0.4, 0.5) is 0 Å². The summed E-state index contributed by atoms with van der Waals surface area (Å²) in [7, 11) is 0. The van der Waals surface area contributed by atoms with Gasteiger partial charge in [-0.25, -0.2) is 0 Å². The van der Waals surface area contributed by atoms with Gasteiger partial charge < -0.3 is 4.74 Å². The minimum atomic E-state index is 0.357. The predicted octanol–water partition coefficient (Wildman–Crippen LogP) is 1.47. The molecule has 1 fully saturated rings. The molecule has 0 amide bonds. The lowest BCUT2D eigenvalue weighted by atomic mass is 10.3. The number of azide groups is 1. The summed E-state index contributed by atoms with van der Waals surface area (Å²) in [5, 5.41) is 3.39. The Morgan fingerprint density at radius 3 is 2.89 bits per heavy atom. The van der Waals surface area contributed by atoms with Crippen molar-refractivity contribution < 1.29 is 4.74 Å². The van der Waals surface area contributed by atoms with E-state index in [0.717, 1.165) is 6.42 Å². The second kappa shape index (κ2) is 2.71. The third kappa shape index (κ3) is 1.91. The van der Waals surface area contributed by atoms with Crippen molar-refractivity contribution in [2.24, 2.45) is 5.11 Å².